The fourth-order valence-electron chi connectivity index (χ4n) is 1.40. The van der Waals surface area contributed by atoms with Gasteiger partial charge in [-0.2, -0.15) is 5.26 Å². The Morgan fingerprint density at radius 3 is 2.87 bits per heavy atom. The summed E-state index contributed by atoms with van der Waals surface area (Å²) in [5.41, 5.74) is 2.16. The van der Waals surface area contributed by atoms with E-state index in [9.17, 15) is 0 Å². The zero-order chi connectivity index (χ0) is 11.1. The van der Waals surface area contributed by atoms with Crippen molar-refractivity contribution in [3.63, 3.8) is 0 Å². The highest BCUT2D eigenvalue weighted by atomic mass is 16.5. The molecule has 3 nitrogen and oxygen atoms in total. The van der Waals surface area contributed by atoms with Crippen LogP contribution in [-0.2, 0) is 11.3 Å². The van der Waals surface area contributed by atoms with Crippen molar-refractivity contribution in [1.82, 2.24) is 0 Å². The fourth-order valence-corrected chi connectivity index (χ4v) is 1.40. The Balaban J connectivity index is 2.71. The first-order chi connectivity index (χ1) is 7.27. The summed E-state index contributed by atoms with van der Waals surface area (Å²) >= 11 is 0. The third-order valence-electron chi connectivity index (χ3n) is 2.12. The van der Waals surface area contributed by atoms with Crippen molar-refractivity contribution in [3.05, 3.63) is 29.8 Å². The van der Waals surface area contributed by atoms with E-state index in [0.717, 1.165) is 11.3 Å². The van der Waals surface area contributed by atoms with Crippen molar-refractivity contribution in [2.24, 2.45) is 0 Å². The van der Waals surface area contributed by atoms with Gasteiger partial charge in [0.05, 0.1) is 19.1 Å². The standard InChI is InChI=1S/C12H16N2O/c1-10(7-8-13)14-12-6-4-3-5-11(12)9-15-2/h3-6,10,14H,7,9H2,1-2H3. The van der Waals surface area contributed by atoms with Gasteiger partial charge in [0, 0.05) is 24.4 Å². The van der Waals surface area contributed by atoms with Gasteiger partial charge in [-0.15, -0.1) is 0 Å². The Morgan fingerprint density at radius 1 is 1.47 bits per heavy atom. The van der Waals surface area contributed by atoms with Crippen LogP contribution in [0.5, 0.6) is 0 Å². The molecule has 0 aliphatic rings. The number of ether oxygens (including phenoxy) is 1. The van der Waals surface area contributed by atoms with E-state index in [0.29, 0.717) is 13.0 Å². The molecule has 1 unspecified atom stereocenters. The maximum atomic E-state index is 8.57. The molecule has 0 heterocycles. The van der Waals surface area contributed by atoms with Crippen LogP contribution in [0.15, 0.2) is 24.3 Å². The highest BCUT2D eigenvalue weighted by Crippen LogP contribution is 2.17. The molecule has 0 spiro atoms. The summed E-state index contributed by atoms with van der Waals surface area (Å²) in [5, 5.41) is 11.9. The Morgan fingerprint density at radius 2 is 2.20 bits per heavy atom. The third kappa shape index (κ3) is 3.61. The van der Waals surface area contributed by atoms with Gasteiger partial charge in [0.25, 0.3) is 0 Å². The first-order valence-corrected chi connectivity index (χ1v) is 4.98. The van der Waals surface area contributed by atoms with Crippen molar-refractivity contribution in [1.29, 1.82) is 5.26 Å². The van der Waals surface area contributed by atoms with Gasteiger partial charge >= 0.3 is 0 Å². The minimum Gasteiger partial charge on any atom is -0.381 e. The molecule has 1 aromatic rings. The lowest BCUT2D eigenvalue weighted by Gasteiger charge is -2.15. The Hall–Kier alpha value is -1.53. The summed E-state index contributed by atoms with van der Waals surface area (Å²) in [6, 6.07) is 10.3. The monoisotopic (exact) mass is 204 g/mol. The van der Waals surface area contributed by atoms with Crippen molar-refractivity contribution < 1.29 is 4.74 Å². The van der Waals surface area contributed by atoms with Crippen LogP contribution in [0.1, 0.15) is 18.9 Å². The zero-order valence-electron chi connectivity index (χ0n) is 9.16. The van der Waals surface area contributed by atoms with Crippen LogP contribution in [0.25, 0.3) is 0 Å². The average Bonchev–Trinajstić information content (AvgIpc) is 2.21. The highest BCUT2D eigenvalue weighted by Gasteiger charge is 2.04. The molecular weight excluding hydrogens is 188 g/mol. The molecule has 0 bridgehead atoms. The molecule has 15 heavy (non-hydrogen) atoms. The molecule has 0 radical (unpaired) electrons. The quantitative estimate of drug-likeness (QED) is 0.801. The topological polar surface area (TPSA) is 45.0 Å². The van der Waals surface area contributed by atoms with Gasteiger partial charge in [-0.05, 0) is 13.0 Å². The minimum atomic E-state index is 0.160. The smallest absolute Gasteiger partial charge is 0.0733 e. The van der Waals surface area contributed by atoms with Crippen LogP contribution in [0.2, 0.25) is 0 Å². The van der Waals surface area contributed by atoms with Crippen molar-refractivity contribution in [2.75, 3.05) is 12.4 Å². The van der Waals surface area contributed by atoms with E-state index in [2.05, 4.69) is 11.4 Å². The lowest BCUT2D eigenvalue weighted by Crippen LogP contribution is -2.15. The van der Waals surface area contributed by atoms with Crippen molar-refractivity contribution in [2.45, 2.75) is 26.0 Å². The molecule has 0 saturated carbocycles. The predicted octanol–water partition coefficient (Wildman–Crippen LogP) is 2.55. The molecule has 1 aromatic carbocycles. The van der Waals surface area contributed by atoms with Crippen LogP contribution in [-0.4, -0.2) is 13.2 Å². The first-order valence-electron chi connectivity index (χ1n) is 4.98. The second kappa shape index (κ2) is 6.05. The van der Waals surface area contributed by atoms with Crippen LogP contribution in [0.4, 0.5) is 5.69 Å². The number of hydrogen-bond acceptors (Lipinski definition) is 3. The Kier molecular flexibility index (Phi) is 4.65. The Labute approximate surface area is 90.7 Å². The van der Waals surface area contributed by atoms with E-state index in [-0.39, 0.29) is 6.04 Å². The Bertz CT molecular complexity index is 344. The van der Waals surface area contributed by atoms with E-state index in [4.69, 9.17) is 10.00 Å². The summed E-state index contributed by atoms with van der Waals surface area (Å²) in [7, 11) is 1.68. The first kappa shape index (κ1) is 11.5. The van der Waals surface area contributed by atoms with Gasteiger partial charge in [0.2, 0.25) is 0 Å². The second-order valence-electron chi connectivity index (χ2n) is 3.50. The second-order valence-corrected chi connectivity index (χ2v) is 3.50. The summed E-state index contributed by atoms with van der Waals surface area (Å²) in [4.78, 5) is 0. The number of hydrogen-bond donors (Lipinski definition) is 1. The van der Waals surface area contributed by atoms with Crippen molar-refractivity contribution in [3.8, 4) is 6.07 Å². The van der Waals surface area contributed by atoms with Gasteiger partial charge in [0.1, 0.15) is 0 Å². The largest absolute Gasteiger partial charge is 0.381 e. The van der Waals surface area contributed by atoms with Crippen molar-refractivity contribution >= 4 is 5.69 Å². The molecule has 1 atom stereocenters. The third-order valence-corrected chi connectivity index (χ3v) is 2.12. The maximum Gasteiger partial charge on any atom is 0.0733 e. The van der Waals surface area contributed by atoms with E-state index >= 15 is 0 Å². The normalized spacial score (nSPS) is 11.8. The lowest BCUT2D eigenvalue weighted by atomic mass is 10.1. The number of rotatable bonds is 5. The summed E-state index contributed by atoms with van der Waals surface area (Å²) in [5.74, 6) is 0. The number of anilines is 1. The fraction of sp³-hybridized carbons (Fsp3) is 0.417. The zero-order valence-corrected chi connectivity index (χ0v) is 9.16. The molecule has 80 valence electrons. The number of methoxy groups -OCH3 is 1. The number of nitrogens with zero attached hydrogens (tertiary/aromatic N) is 1. The molecule has 0 aromatic heterocycles. The van der Waals surface area contributed by atoms with Gasteiger partial charge in [0.15, 0.2) is 0 Å². The summed E-state index contributed by atoms with van der Waals surface area (Å²) < 4.78 is 5.11. The van der Waals surface area contributed by atoms with Crippen LogP contribution in [0.3, 0.4) is 0 Å². The molecular formula is C12H16N2O. The SMILES string of the molecule is COCc1ccccc1NC(C)CC#N. The molecule has 0 aliphatic carbocycles. The highest BCUT2D eigenvalue weighted by molar-refractivity contribution is 5.51. The van der Waals surface area contributed by atoms with Gasteiger partial charge in [-0.25, -0.2) is 0 Å². The summed E-state index contributed by atoms with van der Waals surface area (Å²) in [6.07, 6.45) is 0.501. The van der Waals surface area contributed by atoms with E-state index < -0.39 is 0 Å². The molecule has 0 aliphatic heterocycles. The number of para-hydroxylation sites is 1. The molecule has 1 rings (SSSR count). The lowest BCUT2D eigenvalue weighted by molar-refractivity contribution is 0.185. The van der Waals surface area contributed by atoms with Gasteiger partial charge in [-0.1, -0.05) is 18.2 Å². The van der Waals surface area contributed by atoms with Gasteiger partial charge in [-0.3, -0.25) is 0 Å². The van der Waals surface area contributed by atoms with E-state index in [1.165, 1.54) is 0 Å². The van der Waals surface area contributed by atoms with Crippen LogP contribution >= 0.6 is 0 Å². The predicted molar refractivity (Wildman–Crippen MR) is 60.5 cm³/mol. The number of nitrogens with one attached hydrogen (secondary N) is 1. The van der Waals surface area contributed by atoms with Crippen LogP contribution in [0, 0.1) is 11.3 Å². The number of nitriles is 1. The molecule has 0 amide bonds. The van der Waals surface area contributed by atoms with E-state index in [1.807, 2.05) is 31.2 Å². The van der Waals surface area contributed by atoms with Crippen LogP contribution < -0.4 is 5.32 Å². The molecule has 0 saturated heterocycles. The minimum absolute atomic E-state index is 0.160. The summed E-state index contributed by atoms with van der Waals surface area (Å²) in [6.45, 7) is 2.58. The maximum absolute atomic E-state index is 8.57. The molecule has 1 N–H and O–H groups in total. The van der Waals surface area contributed by atoms with E-state index in [1.54, 1.807) is 7.11 Å². The average molecular weight is 204 g/mol. The van der Waals surface area contributed by atoms with Gasteiger partial charge < -0.3 is 10.1 Å². The number of benzene rings is 1. The molecule has 0 fully saturated rings. The molecule has 3 heteroatoms.